The van der Waals surface area contributed by atoms with Gasteiger partial charge in [-0.15, -0.1) is 0 Å². The maximum absolute atomic E-state index is 5.51. The smallest absolute Gasteiger partial charge is 0.323 e. The van der Waals surface area contributed by atoms with Crippen LogP contribution in [0.15, 0.2) is 24.3 Å². The Morgan fingerprint density at radius 1 is 1.31 bits per heavy atom. The Labute approximate surface area is 81.2 Å². The van der Waals surface area contributed by atoms with Gasteiger partial charge in [-0.1, -0.05) is 48.0 Å². The van der Waals surface area contributed by atoms with Gasteiger partial charge in [-0.05, 0) is 5.94 Å². The highest BCUT2D eigenvalue weighted by Gasteiger charge is 2.40. The average Bonchev–Trinajstić information content (AvgIpc) is 2.39. The second kappa shape index (κ2) is 3.00. The number of benzene rings is 1. The predicted molar refractivity (Wildman–Crippen MR) is 60.8 cm³/mol. The summed E-state index contributed by atoms with van der Waals surface area (Å²) in [5.74, 6) is 1.24. The first-order valence-electron chi connectivity index (χ1n) is 4.77. The molecule has 0 spiro atoms. The third-order valence-corrected chi connectivity index (χ3v) is 6.32. The number of rotatable bonds is 1. The molecule has 3 heteroatoms. The summed E-state index contributed by atoms with van der Waals surface area (Å²) in [5.41, 5.74) is 1.43. The van der Waals surface area contributed by atoms with Crippen molar-refractivity contribution < 1.29 is 4.65 Å². The van der Waals surface area contributed by atoms with E-state index in [1.165, 1.54) is 11.4 Å². The molecular formula is C10H15BOSi. The zero-order valence-electron chi connectivity index (χ0n) is 8.50. The van der Waals surface area contributed by atoms with E-state index in [1.807, 2.05) is 7.11 Å². The van der Waals surface area contributed by atoms with Gasteiger partial charge in [0.15, 0.2) is 0 Å². The highest BCUT2D eigenvalue weighted by molar-refractivity contribution is 7.06. The summed E-state index contributed by atoms with van der Waals surface area (Å²) in [6, 6.07) is 8.75. The molecule has 1 heterocycles. The fourth-order valence-electron chi connectivity index (χ4n) is 2.29. The highest BCUT2D eigenvalue weighted by atomic mass is 28.3. The van der Waals surface area contributed by atoms with Gasteiger partial charge in [0.05, 0.1) is 8.07 Å². The minimum atomic E-state index is -1.17. The van der Waals surface area contributed by atoms with Crippen LogP contribution >= 0.6 is 0 Å². The molecule has 0 unspecified atom stereocenters. The Bertz CT molecular complexity index is 324. The quantitative estimate of drug-likeness (QED) is 0.600. The van der Waals surface area contributed by atoms with E-state index in [0.29, 0.717) is 6.92 Å². The van der Waals surface area contributed by atoms with E-state index in [0.717, 1.165) is 0 Å². The second-order valence-electron chi connectivity index (χ2n) is 4.40. The summed E-state index contributed by atoms with van der Waals surface area (Å²) in [7, 11) is 0.647. The van der Waals surface area contributed by atoms with Crippen molar-refractivity contribution in [2.45, 2.75) is 19.0 Å². The maximum Gasteiger partial charge on any atom is 0.323 e. The van der Waals surface area contributed by atoms with Gasteiger partial charge in [0, 0.05) is 7.11 Å². The first-order chi connectivity index (χ1) is 6.15. The Kier molecular flexibility index (Phi) is 2.08. The predicted octanol–water partition coefficient (Wildman–Crippen LogP) is 1.000. The van der Waals surface area contributed by atoms with E-state index < -0.39 is 8.07 Å². The molecule has 68 valence electrons. The molecule has 0 radical (unpaired) electrons. The number of fused-ring (bicyclic) bond motifs is 1. The van der Waals surface area contributed by atoms with Crippen LogP contribution in [0.3, 0.4) is 0 Å². The SMILES string of the molecule is COB1C[Si](C)(C)c2ccccc21. The normalized spacial score (nSPS) is 18.8. The molecule has 1 aromatic carbocycles. The van der Waals surface area contributed by atoms with Crippen LogP contribution in [0, 0.1) is 0 Å². The van der Waals surface area contributed by atoms with Gasteiger partial charge in [-0.25, -0.2) is 0 Å². The van der Waals surface area contributed by atoms with Crippen molar-refractivity contribution in [2.75, 3.05) is 7.11 Å². The van der Waals surface area contributed by atoms with E-state index in [2.05, 4.69) is 37.4 Å². The Morgan fingerprint density at radius 3 is 2.69 bits per heavy atom. The molecule has 0 aromatic heterocycles. The van der Waals surface area contributed by atoms with Crippen LogP contribution in [0.25, 0.3) is 0 Å². The van der Waals surface area contributed by atoms with Gasteiger partial charge in [-0.2, -0.15) is 0 Å². The molecule has 0 N–H and O–H groups in total. The van der Waals surface area contributed by atoms with Gasteiger partial charge in [0.25, 0.3) is 0 Å². The Balaban J connectivity index is 2.51. The van der Waals surface area contributed by atoms with E-state index in [4.69, 9.17) is 4.65 Å². The van der Waals surface area contributed by atoms with Crippen LogP contribution in [0.4, 0.5) is 0 Å². The average molecular weight is 190 g/mol. The van der Waals surface area contributed by atoms with E-state index in [-0.39, 0.29) is 0 Å². The van der Waals surface area contributed by atoms with Crippen molar-refractivity contribution in [1.29, 1.82) is 0 Å². The van der Waals surface area contributed by atoms with E-state index in [9.17, 15) is 0 Å². The van der Waals surface area contributed by atoms with Gasteiger partial charge >= 0.3 is 6.92 Å². The van der Waals surface area contributed by atoms with Crippen LogP contribution in [-0.2, 0) is 4.65 Å². The van der Waals surface area contributed by atoms with Gasteiger partial charge in [0.1, 0.15) is 0 Å². The Hall–Kier alpha value is -0.538. The van der Waals surface area contributed by atoms with Crippen molar-refractivity contribution in [1.82, 2.24) is 0 Å². The van der Waals surface area contributed by atoms with Crippen LogP contribution in [-0.4, -0.2) is 22.1 Å². The molecule has 0 atom stereocenters. The fraction of sp³-hybridized carbons (Fsp3) is 0.400. The topological polar surface area (TPSA) is 9.23 Å². The maximum atomic E-state index is 5.51. The number of hydrogen-bond donors (Lipinski definition) is 0. The van der Waals surface area contributed by atoms with Crippen LogP contribution in [0.2, 0.25) is 19.0 Å². The van der Waals surface area contributed by atoms with Crippen molar-refractivity contribution in [2.24, 2.45) is 0 Å². The van der Waals surface area contributed by atoms with Crippen molar-refractivity contribution in [3.05, 3.63) is 24.3 Å². The number of hydrogen-bond acceptors (Lipinski definition) is 1. The Morgan fingerprint density at radius 2 is 2.00 bits per heavy atom. The molecule has 2 rings (SSSR count). The van der Waals surface area contributed by atoms with Crippen molar-refractivity contribution in [3.63, 3.8) is 0 Å². The lowest BCUT2D eigenvalue weighted by Gasteiger charge is -2.15. The zero-order chi connectivity index (χ0) is 9.47. The third kappa shape index (κ3) is 1.36. The molecule has 1 aliphatic heterocycles. The molecule has 13 heavy (non-hydrogen) atoms. The molecule has 0 saturated heterocycles. The summed E-state index contributed by atoms with van der Waals surface area (Å²) in [5, 5.41) is 1.59. The molecule has 0 fully saturated rings. The summed E-state index contributed by atoms with van der Waals surface area (Å²) >= 11 is 0. The third-order valence-electron chi connectivity index (χ3n) is 3.02. The van der Waals surface area contributed by atoms with E-state index in [1.54, 1.807) is 5.19 Å². The molecule has 1 aromatic rings. The molecular weight excluding hydrogens is 175 g/mol. The summed E-state index contributed by atoms with van der Waals surface area (Å²) < 4.78 is 5.51. The second-order valence-corrected chi connectivity index (χ2v) is 9.11. The fourth-order valence-corrected chi connectivity index (χ4v) is 5.39. The first kappa shape index (κ1) is 9.03. The van der Waals surface area contributed by atoms with Crippen molar-refractivity contribution in [3.8, 4) is 0 Å². The lowest BCUT2D eigenvalue weighted by molar-refractivity contribution is 0.433. The highest BCUT2D eigenvalue weighted by Crippen LogP contribution is 2.17. The standard InChI is InChI=1S/C10H15BOSi/c1-12-11-8-13(2,3)10-7-5-4-6-9(10)11/h4-7H,8H2,1-3H3. The lowest BCUT2D eigenvalue weighted by atomic mass is 9.64. The monoisotopic (exact) mass is 190 g/mol. The minimum Gasteiger partial charge on any atom is -0.434 e. The summed E-state index contributed by atoms with van der Waals surface area (Å²) in [6.45, 7) is 5.20. The first-order valence-corrected chi connectivity index (χ1v) is 7.98. The van der Waals surface area contributed by atoms with E-state index >= 15 is 0 Å². The molecule has 0 aliphatic carbocycles. The summed E-state index contributed by atoms with van der Waals surface area (Å²) in [4.78, 5) is 0. The molecule has 1 aliphatic rings. The largest absolute Gasteiger partial charge is 0.434 e. The van der Waals surface area contributed by atoms with Gasteiger partial charge < -0.3 is 4.65 Å². The van der Waals surface area contributed by atoms with Crippen molar-refractivity contribution >= 4 is 25.6 Å². The van der Waals surface area contributed by atoms with Crippen LogP contribution in [0.1, 0.15) is 0 Å². The summed E-state index contributed by atoms with van der Waals surface area (Å²) in [6.07, 6.45) is 0. The molecule has 0 saturated carbocycles. The van der Waals surface area contributed by atoms with Crippen LogP contribution < -0.4 is 10.6 Å². The minimum absolute atomic E-state index is 0.359. The molecule has 0 amide bonds. The van der Waals surface area contributed by atoms with Gasteiger partial charge in [0.2, 0.25) is 0 Å². The van der Waals surface area contributed by atoms with Crippen LogP contribution in [0.5, 0.6) is 0 Å². The van der Waals surface area contributed by atoms with Gasteiger partial charge in [-0.3, -0.25) is 0 Å². The zero-order valence-corrected chi connectivity index (χ0v) is 9.50. The molecule has 0 bridgehead atoms. The lowest BCUT2D eigenvalue weighted by Crippen LogP contribution is -2.42. The molecule has 1 nitrogen and oxygen atoms in total.